The molecule has 2 aromatic carbocycles. The van der Waals surface area contributed by atoms with Crippen molar-refractivity contribution in [1.29, 1.82) is 0 Å². The number of halogens is 1. The van der Waals surface area contributed by atoms with Crippen molar-refractivity contribution in [2.24, 2.45) is 5.73 Å². The third-order valence-electron chi connectivity index (χ3n) is 14.5. The zero-order valence-electron chi connectivity index (χ0n) is 44.8. The number of pyridine rings is 2. The molecule has 23 nitrogen and oxygen atoms in total. The number of esters is 2. The van der Waals surface area contributed by atoms with E-state index in [9.17, 15) is 57.8 Å². The number of carbonyl (C=O) groups excluding carboxylic acids is 10. The summed E-state index contributed by atoms with van der Waals surface area (Å²) < 4.78 is 27.5. The largest absolute Gasteiger partial charge is 0.460 e. The molecule has 5 heterocycles. The van der Waals surface area contributed by atoms with Gasteiger partial charge in [0.15, 0.2) is 5.60 Å². The van der Waals surface area contributed by atoms with E-state index in [1.807, 2.05) is 0 Å². The first-order chi connectivity index (χ1) is 37.9. The highest BCUT2D eigenvalue weighted by Crippen LogP contribution is 2.46. The van der Waals surface area contributed by atoms with Gasteiger partial charge in [-0.05, 0) is 88.1 Å². The Balaban J connectivity index is 0.928. The minimum absolute atomic E-state index is 0.0160. The second kappa shape index (κ2) is 23.3. The summed E-state index contributed by atoms with van der Waals surface area (Å²) in [5.74, 6) is -8.34. The van der Waals surface area contributed by atoms with Gasteiger partial charge in [-0.3, -0.25) is 52.8 Å². The van der Waals surface area contributed by atoms with Crippen LogP contribution in [0, 0.1) is 12.7 Å². The van der Waals surface area contributed by atoms with Crippen molar-refractivity contribution < 1.29 is 66.9 Å². The summed E-state index contributed by atoms with van der Waals surface area (Å²) in [5.41, 5.74) is 6.33. The molecule has 4 aliphatic rings. The van der Waals surface area contributed by atoms with Crippen molar-refractivity contribution in [3.8, 4) is 11.4 Å². The van der Waals surface area contributed by atoms with E-state index in [1.54, 1.807) is 71.0 Å². The van der Waals surface area contributed by atoms with Gasteiger partial charge in [0.1, 0.15) is 30.1 Å². The minimum atomic E-state index is -2.08. The number of fused-ring (bicyclic) bond motifs is 5. The van der Waals surface area contributed by atoms with Crippen LogP contribution in [0.5, 0.6) is 0 Å². The molecular formula is C56H62FN9O14. The predicted molar refractivity (Wildman–Crippen MR) is 281 cm³/mol. The van der Waals surface area contributed by atoms with Crippen molar-refractivity contribution in [1.82, 2.24) is 40.6 Å². The Morgan fingerprint density at radius 3 is 2.33 bits per heavy atom. The molecule has 1 aliphatic carbocycles. The summed E-state index contributed by atoms with van der Waals surface area (Å²) in [4.78, 5) is 151. The number of nitrogens with two attached hydrogens (primary N) is 1. The third-order valence-corrected chi connectivity index (χ3v) is 14.5. The number of primary amides is 1. The van der Waals surface area contributed by atoms with E-state index >= 15 is 4.39 Å². The number of imide groups is 1. The number of amides is 8. The van der Waals surface area contributed by atoms with Crippen LogP contribution in [-0.4, -0.2) is 128 Å². The molecule has 0 saturated heterocycles. The van der Waals surface area contributed by atoms with Gasteiger partial charge in [-0.25, -0.2) is 14.2 Å². The smallest absolute Gasteiger partial charge is 0.343 e. The summed E-state index contributed by atoms with van der Waals surface area (Å²) in [6.45, 7) is 5.71. The lowest BCUT2D eigenvalue weighted by molar-refractivity contribution is -0.172. The average Bonchev–Trinajstić information content (AvgIpc) is 4.17. The van der Waals surface area contributed by atoms with Crippen LogP contribution in [0.2, 0.25) is 0 Å². The second-order valence-corrected chi connectivity index (χ2v) is 21.1. The van der Waals surface area contributed by atoms with Crippen LogP contribution >= 0.6 is 0 Å². The minimum Gasteiger partial charge on any atom is -0.460 e. The van der Waals surface area contributed by atoms with Gasteiger partial charge in [-0.2, -0.15) is 0 Å². The number of hydrogen-bond acceptors (Lipinski definition) is 15. The summed E-state index contributed by atoms with van der Waals surface area (Å²) in [6, 6.07) is 8.00. The number of carbonyl (C=O) groups is 10. The third kappa shape index (κ3) is 12.1. The summed E-state index contributed by atoms with van der Waals surface area (Å²) in [5, 5.41) is 22.4. The normalized spacial score (nSPS) is 17.6. The molecule has 0 saturated carbocycles. The lowest BCUT2D eigenvalue weighted by Crippen LogP contribution is -2.54. The van der Waals surface area contributed by atoms with E-state index in [1.165, 1.54) is 10.6 Å². The summed E-state index contributed by atoms with van der Waals surface area (Å²) in [6.07, 6.45) is 1.72. The number of nitrogens with one attached hydrogen (secondary N) is 4. The number of ether oxygens (including phenoxy) is 2. The highest BCUT2D eigenvalue weighted by atomic mass is 19.1. The van der Waals surface area contributed by atoms with E-state index in [-0.39, 0.29) is 74.9 Å². The van der Waals surface area contributed by atoms with Crippen LogP contribution in [0.15, 0.2) is 59.4 Å². The van der Waals surface area contributed by atoms with Gasteiger partial charge in [-0.1, -0.05) is 37.3 Å². The van der Waals surface area contributed by atoms with Crippen LogP contribution in [0.3, 0.4) is 0 Å². The molecule has 0 unspecified atom stereocenters. The molecular weight excluding hydrogens is 1040 g/mol. The van der Waals surface area contributed by atoms with Crippen LogP contribution in [0.4, 0.5) is 4.39 Å². The van der Waals surface area contributed by atoms with Crippen molar-refractivity contribution in [2.45, 2.75) is 128 Å². The Kier molecular flexibility index (Phi) is 16.8. The number of rotatable bonds is 21. The number of nitrogens with zero attached hydrogens (tertiary/aromatic N) is 4. The summed E-state index contributed by atoms with van der Waals surface area (Å²) >= 11 is 0. The Morgan fingerprint density at radius 2 is 1.65 bits per heavy atom. The molecule has 422 valence electrons. The standard InChI is InChI=1S/C56H62FN9O14/c1-6-56(78)34-22-40-50-32(26-65(40)52(75)33(34)28-79-54(56)77)49-36(15-14-31-29(2)35(57)23-37(63-50)48(31)49)61-42(68)13-10-20-64(27-41(58)67)53(76)38(21-30-11-8-7-9-12-30)62-44(70)25-59-43(69)24-60-51(74)39(66-45(71)17-18-46(66)72)16-19-47(73)80-55(3,4)5/h7-9,11-12,17-18,22-23,36,38-39,78H,6,10,13-16,19-21,24-28H2,1-5H3,(H2,58,67)(H,59,69)(H,60,74)(H,61,68)(H,62,70)/t36-,38-,39-,56-/m0/s1. The Hall–Kier alpha value is -8.67. The summed E-state index contributed by atoms with van der Waals surface area (Å²) in [7, 11) is 0. The number of cyclic esters (lactones) is 1. The molecule has 0 spiro atoms. The van der Waals surface area contributed by atoms with E-state index in [4.69, 9.17) is 20.2 Å². The maximum Gasteiger partial charge on any atom is 0.343 e. The van der Waals surface area contributed by atoms with Crippen LogP contribution in [-0.2, 0) is 89.0 Å². The number of hydrogen-bond donors (Lipinski definition) is 6. The molecule has 80 heavy (non-hydrogen) atoms. The molecule has 0 fully saturated rings. The van der Waals surface area contributed by atoms with E-state index in [2.05, 4.69) is 21.3 Å². The van der Waals surface area contributed by atoms with Crippen molar-refractivity contribution in [2.75, 3.05) is 26.2 Å². The average molecular weight is 1100 g/mol. The molecule has 4 atom stereocenters. The maximum absolute atomic E-state index is 15.5. The zero-order valence-corrected chi connectivity index (χ0v) is 44.8. The van der Waals surface area contributed by atoms with Gasteiger partial charge in [0, 0.05) is 60.5 Å². The molecule has 0 bridgehead atoms. The molecule has 0 radical (unpaired) electrons. The van der Waals surface area contributed by atoms with Gasteiger partial charge < -0.3 is 51.0 Å². The van der Waals surface area contributed by atoms with Crippen molar-refractivity contribution in [3.63, 3.8) is 0 Å². The Labute approximate surface area is 457 Å². The molecule has 3 aliphatic heterocycles. The number of benzene rings is 2. The lowest BCUT2D eigenvalue weighted by atomic mass is 9.81. The molecule has 2 aromatic heterocycles. The molecule has 4 aromatic rings. The van der Waals surface area contributed by atoms with Gasteiger partial charge in [0.25, 0.3) is 17.4 Å². The SMILES string of the molecule is CC[C@@]1(O)C(=O)OCc2c1cc1n(c2=O)Cc2c-1nc1cc(F)c(C)c3c1c2[C@@H](NC(=O)CCCN(CC(N)=O)C(=O)[C@H](Cc1ccccc1)NC(=O)CNC(=O)CNC(=O)[C@H](CCC(=O)OC(C)(C)C)N1C(=O)C=CC1=O)CC3. The van der Waals surface area contributed by atoms with Crippen molar-refractivity contribution >= 4 is 70.1 Å². The van der Waals surface area contributed by atoms with Crippen LogP contribution in [0.25, 0.3) is 22.3 Å². The zero-order chi connectivity index (χ0) is 58.0. The number of aliphatic hydroxyl groups is 1. The van der Waals surface area contributed by atoms with Gasteiger partial charge >= 0.3 is 11.9 Å². The molecule has 24 heteroatoms. The van der Waals surface area contributed by atoms with Gasteiger partial charge in [0.05, 0.1) is 54.7 Å². The molecule has 8 amide bonds. The van der Waals surface area contributed by atoms with Crippen molar-refractivity contribution in [3.05, 3.63) is 110 Å². The quantitative estimate of drug-likeness (QED) is 0.0443. The maximum atomic E-state index is 15.5. The second-order valence-electron chi connectivity index (χ2n) is 21.1. The predicted octanol–water partition coefficient (Wildman–Crippen LogP) is 1.10. The number of aromatic nitrogens is 2. The highest BCUT2D eigenvalue weighted by Gasteiger charge is 2.46. The molecule has 7 N–H and O–H groups in total. The fourth-order valence-corrected chi connectivity index (χ4v) is 10.6. The first-order valence-corrected chi connectivity index (χ1v) is 26.2. The first kappa shape index (κ1) is 57.5. The van der Waals surface area contributed by atoms with Crippen LogP contribution in [0.1, 0.15) is 111 Å². The van der Waals surface area contributed by atoms with Gasteiger partial charge in [0.2, 0.25) is 35.4 Å². The topological polar surface area (TPSA) is 325 Å². The fourth-order valence-electron chi connectivity index (χ4n) is 10.6. The van der Waals surface area contributed by atoms with Crippen LogP contribution < -0.4 is 32.6 Å². The van der Waals surface area contributed by atoms with E-state index < -0.39 is 120 Å². The van der Waals surface area contributed by atoms with Gasteiger partial charge in [-0.15, -0.1) is 0 Å². The first-order valence-electron chi connectivity index (χ1n) is 26.2. The number of aryl methyl sites for hydroxylation is 1. The Morgan fingerprint density at radius 1 is 0.950 bits per heavy atom. The molecule has 8 rings (SSSR count). The highest BCUT2D eigenvalue weighted by molar-refractivity contribution is 6.15. The Bertz CT molecular complexity index is 3340. The fraction of sp³-hybridized carbons (Fsp3) is 0.429. The van der Waals surface area contributed by atoms with E-state index in [0.717, 1.165) is 17.1 Å². The lowest BCUT2D eigenvalue weighted by Gasteiger charge is -2.31. The monoisotopic (exact) mass is 1100 g/mol. The van der Waals surface area contributed by atoms with E-state index in [0.29, 0.717) is 62.3 Å².